The zero-order chi connectivity index (χ0) is 38.1. The van der Waals surface area contributed by atoms with Gasteiger partial charge in [0.05, 0.1) is 28.6 Å². The van der Waals surface area contributed by atoms with Crippen molar-refractivity contribution in [2.24, 2.45) is 0 Å². The van der Waals surface area contributed by atoms with Crippen LogP contribution in [0.5, 0.6) is 11.5 Å². The highest BCUT2D eigenvalue weighted by Gasteiger charge is 2.46. The number of para-hydroxylation sites is 1. The molecule has 2 aromatic heterocycles. The number of fused-ring (bicyclic) bond motifs is 2. The van der Waals surface area contributed by atoms with E-state index in [1.54, 1.807) is 12.1 Å². The number of likely N-dealkylation sites (tertiary alicyclic amines) is 2. The van der Waals surface area contributed by atoms with Gasteiger partial charge in [0.2, 0.25) is 5.91 Å². The van der Waals surface area contributed by atoms with E-state index in [0.717, 1.165) is 96.5 Å². The van der Waals surface area contributed by atoms with E-state index < -0.39 is 24.1 Å². The first kappa shape index (κ1) is 34.6. The molecule has 3 aromatic carbocycles. The summed E-state index contributed by atoms with van der Waals surface area (Å²) in [5.74, 6) is 0.803. The number of imide groups is 1. The number of aromatic nitrogens is 4. The molecule has 5 aromatic rings. The van der Waals surface area contributed by atoms with Crippen molar-refractivity contribution in [2.45, 2.75) is 56.1 Å². The van der Waals surface area contributed by atoms with Crippen molar-refractivity contribution in [1.29, 1.82) is 0 Å². The second kappa shape index (κ2) is 13.7. The van der Waals surface area contributed by atoms with Crippen molar-refractivity contribution in [3.63, 3.8) is 0 Å². The van der Waals surface area contributed by atoms with Crippen LogP contribution in [0.3, 0.4) is 0 Å². The number of nitrogens with two attached hydrogens (primary N) is 1. The average Bonchev–Trinajstić information content (AvgIpc) is 3.68. The smallest absolute Gasteiger partial charge is 0.262 e. The van der Waals surface area contributed by atoms with Gasteiger partial charge in [-0.3, -0.25) is 29.1 Å². The van der Waals surface area contributed by atoms with E-state index in [9.17, 15) is 19.5 Å². The molecule has 5 aliphatic rings. The van der Waals surface area contributed by atoms with Gasteiger partial charge in [-0.2, -0.15) is 5.10 Å². The number of amides is 3. The first-order chi connectivity index (χ1) is 27.3. The summed E-state index contributed by atoms with van der Waals surface area (Å²) in [6.45, 7) is 5.72. The van der Waals surface area contributed by atoms with Crippen molar-refractivity contribution >= 4 is 40.3 Å². The van der Waals surface area contributed by atoms with Gasteiger partial charge in [-0.25, -0.2) is 14.6 Å². The van der Waals surface area contributed by atoms with Crippen LogP contribution >= 0.6 is 0 Å². The molecule has 3 amide bonds. The second-order valence-electron chi connectivity index (χ2n) is 15.5. The van der Waals surface area contributed by atoms with Crippen molar-refractivity contribution < 1.29 is 24.2 Å². The molecule has 0 spiro atoms. The number of carbonyl (C=O) groups excluding carboxylic acids is 3. The zero-order valence-electron chi connectivity index (χ0n) is 30.7. The lowest BCUT2D eigenvalue weighted by atomic mass is 9.95. The molecule has 5 aliphatic heterocycles. The topological polar surface area (TPSA) is 175 Å². The van der Waals surface area contributed by atoms with Crippen molar-refractivity contribution in [2.75, 3.05) is 49.9 Å². The van der Waals surface area contributed by atoms with E-state index in [1.807, 2.05) is 60.7 Å². The van der Waals surface area contributed by atoms with Gasteiger partial charge in [0.1, 0.15) is 35.6 Å². The Morgan fingerprint density at radius 1 is 0.768 bits per heavy atom. The highest BCUT2D eigenvalue weighted by molar-refractivity contribution is 6.22. The summed E-state index contributed by atoms with van der Waals surface area (Å²) in [4.78, 5) is 55.6. The second-order valence-corrected chi connectivity index (χ2v) is 15.5. The number of aliphatic hydroxyl groups is 1. The number of benzene rings is 3. The van der Waals surface area contributed by atoms with Crippen molar-refractivity contribution in [3.8, 4) is 22.8 Å². The van der Waals surface area contributed by atoms with E-state index in [1.165, 1.54) is 6.33 Å². The van der Waals surface area contributed by atoms with Crippen LogP contribution in [-0.4, -0.2) is 121 Å². The summed E-state index contributed by atoms with van der Waals surface area (Å²) < 4.78 is 8.06. The Kier molecular flexibility index (Phi) is 8.45. The van der Waals surface area contributed by atoms with Crippen LogP contribution in [-0.2, 0) is 4.79 Å². The molecule has 0 saturated carbocycles. The van der Waals surface area contributed by atoms with Crippen LogP contribution in [0.4, 0.5) is 11.5 Å². The predicted octanol–water partition coefficient (Wildman–Crippen LogP) is 3.27. The number of carbonyl (C=O) groups is 3. The minimum Gasteiger partial charge on any atom is -0.457 e. The number of anilines is 2. The maximum absolute atomic E-state index is 13.3. The lowest BCUT2D eigenvalue weighted by Crippen LogP contribution is -2.70. The molecule has 10 rings (SSSR count). The lowest BCUT2D eigenvalue weighted by Gasteiger charge is -2.55. The van der Waals surface area contributed by atoms with Gasteiger partial charge in [0.15, 0.2) is 5.65 Å². The average molecular weight is 755 g/mol. The number of aliphatic hydroxyl groups excluding tert-OH is 1. The molecule has 56 heavy (non-hydrogen) atoms. The third kappa shape index (κ3) is 5.93. The predicted molar refractivity (Wildman–Crippen MR) is 207 cm³/mol. The monoisotopic (exact) mass is 754 g/mol. The van der Waals surface area contributed by atoms with E-state index in [4.69, 9.17) is 15.6 Å². The van der Waals surface area contributed by atoms with Crippen LogP contribution < -0.4 is 20.7 Å². The fourth-order valence-corrected chi connectivity index (χ4v) is 8.95. The minimum atomic E-state index is -1.27. The summed E-state index contributed by atoms with van der Waals surface area (Å²) in [7, 11) is 0. The standard InChI is InChI=1S/C41H42N10O5/c42-37-35-36(24-6-9-30(10-7-24)56-29-4-2-1-3-5-29)46-51(38(35)44-23-43-37)25-14-16-47(17-15-25)27-19-49(20-27)28-21-48(22-28)26-8-11-31-32(18-26)41(55)50(40(31)54)33-12-13-34(52)45-39(33)53/h1-11,18,23,25,27-28,33,39,53H,12-17,19-22H2,(H,45,52)(H2,42,43,44)/t33-,39?/m0/s1. The van der Waals surface area contributed by atoms with Crippen LogP contribution in [0.1, 0.15) is 52.4 Å². The van der Waals surface area contributed by atoms with E-state index in [2.05, 4.69) is 34.7 Å². The molecule has 15 heteroatoms. The molecule has 4 N–H and O–H groups in total. The molecular formula is C41H42N10O5. The molecule has 0 aliphatic carbocycles. The molecule has 15 nitrogen and oxygen atoms in total. The molecule has 1 unspecified atom stereocenters. The third-order valence-corrected chi connectivity index (χ3v) is 12.2. The lowest BCUT2D eigenvalue weighted by molar-refractivity contribution is -0.129. The van der Waals surface area contributed by atoms with Gasteiger partial charge in [-0.1, -0.05) is 18.2 Å². The first-order valence-electron chi connectivity index (χ1n) is 19.3. The fourth-order valence-electron chi connectivity index (χ4n) is 8.95. The Bertz CT molecular complexity index is 2330. The number of hydrogen-bond acceptors (Lipinski definition) is 12. The summed E-state index contributed by atoms with van der Waals surface area (Å²) >= 11 is 0. The maximum Gasteiger partial charge on any atom is 0.262 e. The number of piperidine rings is 2. The Balaban J connectivity index is 0.738. The van der Waals surface area contributed by atoms with Crippen LogP contribution in [0.25, 0.3) is 22.3 Å². The Morgan fingerprint density at radius 3 is 2.23 bits per heavy atom. The number of nitrogen functional groups attached to an aromatic ring is 1. The van der Waals surface area contributed by atoms with Crippen LogP contribution in [0.2, 0.25) is 0 Å². The Morgan fingerprint density at radius 2 is 1.48 bits per heavy atom. The Hall–Kier alpha value is -5.90. The normalized spacial score (nSPS) is 22.6. The SMILES string of the molecule is Nc1ncnc2c1c(-c1ccc(Oc3ccccc3)cc1)nn2C1CCN(C2CN(C3CN(c4ccc5c(c4)C(=O)N([C@H]4CCC(=O)NC4O)C5=O)C3)C2)CC1. The quantitative estimate of drug-likeness (QED) is 0.198. The summed E-state index contributed by atoms with van der Waals surface area (Å²) in [5.41, 5.74) is 10.5. The molecule has 2 atom stereocenters. The zero-order valence-corrected chi connectivity index (χ0v) is 30.7. The molecule has 7 heterocycles. The first-order valence-corrected chi connectivity index (χ1v) is 19.3. The molecule has 0 radical (unpaired) electrons. The van der Waals surface area contributed by atoms with Crippen molar-refractivity contribution in [1.82, 2.24) is 39.8 Å². The largest absolute Gasteiger partial charge is 0.457 e. The third-order valence-electron chi connectivity index (χ3n) is 12.2. The maximum atomic E-state index is 13.3. The fraction of sp³-hybridized carbons (Fsp3) is 0.366. The number of nitrogens with zero attached hydrogens (tertiary/aromatic N) is 8. The van der Waals surface area contributed by atoms with Gasteiger partial charge >= 0.3 is 0 Å². The number of nitrogens with one attached hydrogen (secondary N) is 1. The molecule has 4 saturated heterocycles. The minimum absolute atomic E-state index is 0.157. The van der Waals surface area contributed by atoms with Gasteiger partial charge < -0.3 is 25.8 Å². The van der Waals surface area contributed by atoms with Gasteiger partial charge in [0, 0.05) is 69.0 Å². The van der Waals surface area contributed by atoms with Crippen LogP contribution in [0, 0.1) is 0 Å². The van der Waals surface area contributed by atoms with E-state index in [0.29, 0.717) is 29.0 Å². The van der Waals surface area contributed by atoms with E-state index >= 15 is 0 Å². The van der Waals surface area contributed by atoms with Gasteiger partial charge in [-0.05, 0) is 73.9 Å². The highest BCUT2D eigenvalue weighted by Crippen LogP contribution is 2.37. The van der Waals surface area contributed by atoms with E-state index in [-0.39, 0.29) is 24.8 Å². The summed E-state index contributed by atoms with van der Waals surface area (Å²) in [6.07, 6.45) is 2.57. The van der Waals surface area contributed by atoms with Gasteiger partial charge in [-0.15, -0.1) is 0 Å². The van der Waals surface area contributed by atoms with Crippen LogP contribution in [0.15, 0.2) is 79.1 Å². The number of rotatable bonds is 8. The summed E-state index contributed by atoms with van der Waals surface area (Å²) in [5, 5.41) is 18.7. The Labute approximate surface area is 322 Å². The molecular weight excluding hydrogens is 713 g/mol. The number of hydrogen-bond donors (Lipinski definition) is 3. The van der Waals surface area contributed by atoms with Gasteiger partial charge in [0.25, 0.3) is 11.8 Å². The molecule has 0 bridgehead atoms. The molecule has 4 fully saturated rings. The van der Waals surface area contributed by atoms with Crippen molar-refractivity contribution in [3.05, 3.63) is 90.3 Å². The highest BCUT2D eigenvalue weighted by atomic mass is 16.5. The summed E-state index contributed by atoms with van der Waals surface area (Å²) in [6, 6.07) is 23.4. The molecule has 286 valence electrons. The number of ether oxygens (including phenoxy) is 1.